The Hall–Kier alpha value is -1.82. The first-order valence-corrected chi connectivity index (χ1v) is 8.86. The zero-order chi connectivity index (χ0) is 17.0. The largest absolute Gasteiger partial charge is 0.342 e. The average Bonchev–Trinajstić information content (AvgIpc) is 2.56. The molecule has 0 saturated carbocycles. The summed E-state index contributed by atoms with van der Waals surface area (Å²) in [6.45, 7) is 9.62. The highest BCUT2D eigenvalue weighted by Crippen LogP contribution is 2.23. The van der Waals surface area contributed by atoms with E-state index in [4.69, 9.17) is 0 Å². The Morgan fingerprint density at radius 3 is 2.52 bits per heavy atom. The highest BCUT2D eigenvalue weighted by Gasteiger charge is 2.22. The molecule has 1 aromatic carbocycles. The van der Waals surface area contributed by atoms with Crippen LogP contribution in [0.2, 0.25) is 0 Å². The van der Waals surface area contributed by atoms with E-state index in [9.17, 15) is 9.59 Å². The van der Waals surface area contributed by atoms with Gasteiger partial charge in [0, 0.05) is 19.6 Å². The van der Waals surface area contributed by atoms with E-state index in [-0.39, 0.29) is 16.7 Å². The van der Waals surface area contributed by atoms with Gasteiger partial charge in [-0.15, -0.1) is 0 Å². The quantitative estimate of drug-likeness (QED) is 0.602. The van der Waals surface area contributed by atoms with Gasteiger partial charge < -0.3 is 4.90 Å². The molecular formula is C17H23N3O2S. The SMILES string of the molecule is CCN(CC)C(=O)C(C)Sc1nc2ccccc2c(=O)n1CC. The fraction of sp³-hybridized carbons (Fsp3) is 0.471. The lowest BCUT2D eigenvalue weighted by Gasteiger charge is -2.23. The Morgan fingerprint density at radius 2 is 1.91 bits per heavy atom. The minimum atomic E-state index is -0.277. The van der Waals surface area contributed by atoms with E-state index < -0.39 is 0 Å². The number of thioether (sulfide) groups is 1. The van der Waals surface area contributed by atoms with Gasteiger partial charge in [-0.2, -0.15) is 0 Å². The number of carbonyl (C=O) groups excluding carboxylic acids is 1. The normalized spacial score (nSPS) is 12.3. The molecule has 1 heterocycles. The van der Waals surface area contributed by atoms with Crippen molar-refractivity contribution in [3.05, 3.63) is 34.6 Å². The molecule has 1 aromatic heterocycles. The van der Waals surface area contributed by atoms with Crippen molar-refractivity contribution < 1.29 is 4.79 Å². The second-order valence-corrected chi connectivity index (χ2v) is 6.54. The van der Waals surface area contributed by atoms with Gasteiger partial charge in [0.25, 0.3) is 5.56 Å². The highest BCUT2D eigenvalue weighted by molar-refractivity contribution is 8.00. The molecular weight excluding hydrogens is 310 g/mol. The van der Waals surface area contributed by atoms with E-state index in [2.05, 4.69) is 4.98 Å². The maximum Gasteiger partial charge on any atom is 0.262 e. The summed E-state index contributed by atoms with van der Waals surface area (Å²) in [7, 11) is 0. The van der Waals surface area contributed by atoms with Crippen molar-refractivity contribution in [3.8, 4) is 0 Å². The summed E-state index contributed by atoms with van der Waals surface area (Å²) in [6, 6.07) is 7.32. The number of nitrogens with zero attached hydrogens (tertiary/aromatic N) is 3. The predicted octanol–water partition coefficient (Wildman–Crippen LogP) is 2.77. The van der Waals surface area contributed by atoms with Crippen LogP contribution in [-0.2, 0) is 11.3 Å². The van der Waals surface area contributed by atoms with Gasteiger partial charge in [0.1, 0.15) is 0 Å². The van der Waals surface area contributed by atoms with E-state index >= 15 is 0 Å². The topological polar surface area (TPSA) is 55.2 Å². The smallest absolute Gasteiger partial charge is 0.262 e. The van der Waals surface area contributed by atoms with E-state index in [1.165, 1.54) is 11.8 Å². The summed E-state index contributed by atoms with van der Waals surface area (Å²) in [5, 5.41) is 0.936. The number of amides is 1. The summed E-state index contributed by atoms with van der Waals surface area (Å²) >= 11 is 1.35. The molecule has 0 aliphatic carbocycles. The Kier molecular flexibility index (Phi) is 5.82. The van der Waals surface area contributed by atoms with E-state index in [1.807, 2.05) is 45.9 Å². The van der Waals surface area contributed by atoms with Gasteiger partial charge in [0.15, 0.2) is 5.16 Å². The molecule has 6 heteroatoms. The zero-order valence-electron chi connectivity index (χ0n) is 14.1. The first-order valence-electron chi connectivity index (χ1n) is 7.98. The molecule has 2 rings (SSSR count). The minimum Gasteiger partial charge on any atom is -0.342 e. The Bertz CT molecular complexity index is 753. The summed E-state index contributed by atoms with van der Waals surface area (Å²) in [4.78, 5) is 31.4. The van der Waals surface area contributed by atoms with E-state index in [1.54, 1.807) is 15.5 Å². The standard InChI is InChI=1S/C17H23N3O2S/c1-5-19(6-2)15(21)12(4)23-17-18-14-11-9-8-10-13(14)16(22)20(17)7-3/h8-12H,5-7H2,1-4H3. The molecule has 2 aromatic rings. The number of aromatic nitrogens is 2. The zero-order valence-corrected chi connectivity index (χ0v) is 14.9. The second-order valence-electron chi connectivity index (χ2n) is 5.23. The fourth-order valence-electron chi connectivity index (χ4n) is 2.52. The van der Waals surface area contributed by atoms with Crippen molar-refractivity contribution in [1.29, 1.82) is 0 Å². The van der Waals surface area contributed by atoms with Crippen molar-refractivity contribution in [2.24, 2.45) is 0 Å². The van der Waals surface area contributed by atoms with Crippen molar-refractivity contribution in [3.63, 3.8) is 0 Å². The van der Waals surface area contributed by atoms with Crippen LogP contribution in [0.5, 0.6) is 0 Å². The van der Waals surface area contributed by atoms with Crippen LogP contribution in [-0.4, -0.2) is 38.7 Å². The maximum absolute atomic E-state index is 12.6. The van der Waals surface area contributed by atoms with Crippen LogP contribution in [0.15, 0.2) is 34.2 Å². The Labute approximate surface area is 140 Å². The van der Waals surface area contributed by atoms with Crippen LogP contribution in [0.1, 0.15) is 27.7 Å². The molecule has 1 amide bonds. The lowest BCUT2D eigenvalue weighted by Crippen LogP contribution is -2.36. The number of para-hydroxylation sites is 1. The van der Waals surface area contributed by atoms with Crippen LogP contribution < -0.4 is 5.56 Å². The predicted molar refractivity (Wildman–Crippen MR) is 94.9 cm³/mol. The molecule has 23 heavy (non-hydrogen) atoms. The lowest BCUT2D eigenvalue weighted by atomic mass is 10.2. The van der Waals surface area contributed by atoms with Gasteiger partial charge in [0.2, 0.25) is 5.91 Å². The molecule has 0 aliphatic rings. The number of hydrogen-bond donors (Lipinski definition) is 0. The number of rotatable bonds is 6. The molecule has 0 N–H and O–H groups in total. The first kappa shape index (κ1) is 17.5. The summed E-state index contributed by atoms with van der Waals surface area (Å²) in [6.07, 6.45) is 0. The van der Waals surface area contributed by atoms with Gasteiger partial charge in [-0.05, 0) is 39.8 Å². The van der Waals surface area contributed by atoms with Gasteiger partial charge >= 0.3 is 0 Å². The van der Waals surface area contributed by atoms with Crippen LogP contribution in [0, 0.1) is 0 Å². The van der Waals surface area contributed by atoms with E-state index in [0.717, 1.165) is 0 Å². The third-order valence-corrected chi connectivity index (χ3v) is 4.93. The highest BCUT2D eigenvalue weighted by atomic mass is 32.2. The van der Waals surface area contributed by atoms with Crippen LogP contribution in [0.3, 0.4) is 0 Å². The van der Waals surface area contributed by atoms with Crippen LogP contribution in [0.4, 0.5) is 0 Å². The maximum atomic E-state index is 12.6. The second kappa shape index (κ2) is 7.64. The lowest BCUT2D eigenvalue weighted by molar-refractivity contribution is -0.129. The summed E-state index contributed by atoms with van der Waals surface area (Å²) < 4.78 is 1.64. The Balaban J connectivity index is 2.39. The molecule has 0 fully saturated rings. The summed E-state index contributed by atoms with van der Waals surface area (Å²) in [5.41, 5.74) is 0.621. The number of carbonyl (C=O) groups is 1. The molecule has 0 bridgehead atoms. The third-order valence-electron chi connectivity index (χ3n) is 3.85. The molecule has 0 spiro atoms. The fourth-order valence-corrected chi connectivity index (χ4v) is 3.57. The van der Waals surface area contributed by atoms with Crippen molar-refractivity contribution in [2.75, 3.05) is 13.1 Å². The number of benzene rings is 1. The van der Waals surface area contributed by atoms with Crippen LogP contribution in [0.25, 0.3) is 10.9 Å². The van der Waals surface area contributed by atoms with Gasteiger partial charge in [-0.25, -0.2) is 4.98 Å². The molecule has 0 aliphatic heterocycles. The van der Waals surface area contributed by atoms with Crippen molar-refractivity contribution in [2.45, 2.75) is 44.6 Å². The van der Waals surface area contributed by atoms with Gasteiger partial charge in [-0.3, -0.25) is 14.2 Å². The third kappa shape index (κ3) is 3.58. The van der Waals surface area contributed by atoms with Crippen LogP contribution >= 0.6 is 11.8 Å². The van der Waals surface area contributed by atoms with Gasteiger partial charge in [-0.1, -0.05) is 23.9 Å². The molecule has 1 atom stereocenters. The molecule has 0 radical (unpaired) electrons. The van der Waals surface area contributed by atoms with Crippen molar-refractivity contribution in [1.82, 2.24) is 14.5 Å². The molecule has 0 saturated heterocycles. The van der Waals surface area contributed by atoms with E-state index in [0.29, 0.717) is 35.7 Å². The first-order chi connectivity index (χ1) is 11.0. The Morgan fingerprint density at radius 1 is 1.26 bits per heavy atom. The molecule has 5 nitrogen and oxygen atoms in total. The molecule has 124 valence electrons. The minimum absolute atomic E-state index is 0.0527. The summed E-state index contributed by atoms with van der Waals surface area (Å²) in [5.74, 6) is 0.0741. The average molecular weight is 333 g/mol. The number of hydrogen-bond acceptors (Lipinski definition) is 4. The monoisotopic (exact) mass is 333 g/mol. The van der Waals surface area contributed by atoms with Crippen molar-refractivity contribution >= 4 is 28.6 Å². The molecule has 1 unspecified atom stereocenters. The number of fused-ring (bicyclic) bond motifs is 1. The van der Waals surface area contributed by atoms with Gasteiger partial charge in [0.05, 0.1) is 16.2 Å².